The van der Waals surface area contributed by atoms with Crippen LogP contribution in [0.4, 0.5) is 5.69 Å². The van der Waals surface area contributed by atoms with Gasteiger partial charge in [0.2, 0.25) is 0 Å². The largest absolute Gasteiger partial charge is 0.491 e. The summed E-state index contributed by atoms with van der Waals surface area (Å²) < 4.78 is 39.0. The monoisotopic (exact) mass is 446 g/mol. The van der Waals surface area contributed by atoms with Crippen LogP contribution in [0, 0.1) is 0 Å². The van der Waals surface area contributed by atoms with Gasteiger partial charge in [-0.2, -0.15) is 0 Å². The third-order valence-corrected chi connectivity index (χ3v) is 6.32. The van der Waals surface area contributed by atoms with E-state index in [9.17, 15) is 8.42 Å². The Balaban J connectivity index is 1.86. The van der Waals surface area contributed by atoms with E-state index in [1.165, 1.54) is 16.4 Å². The predicted molar refractivity (Wildman–Crippen MR) is 117 cm³/mol. The van der Waals surface area contributed by atoms with Gasteiger partial charge in [-0.05, 0) is 67.1 Å². The molecule has 8 heteroatoms. The molecular weight excluding hydrogens is 424 g/mol. The molecule has 0 saturated carbocycles. The molecule has 0 aliphatic rings. The molecule has 6 nitrogen and oxygen atoms in total. The fourth-order valence-corrected chi connectivity index (χ4v) is 4.36. The molecule has 0 aliphatic heterocycles. The minimum atomic E-state index is -3.83. The molecule has 3 rings (SSSR count). The second kappa shape index (κ2) is 10.4. The number of ether oxygens (including phenoxy) is 2. The molecular formula is C22H23ClN2O4S. The Labute approximate surface area is 182 Å². The van der Waals surface area contributed by atoms with Gasteiger partial charge in [0.1, 0.15) is 12.4 Å². The molecule has 0 spiro atoms. The number of hydrogen-bond acceptors (Lipinski definition) is 5. The minimum Gasteiger partial charge on any atom is -0.491 e. The van der Waals surface area contributed by atoms with Crippen molar-refractivity contribution in [1.82, 2.24) is 4.98 Å². The molecule has 0 N–H and O–H groups in total. The highest BCUT2D eigenvalue weighted by molar-refractivity contribution is 7.92. The summed E-state index contributed by atoms with van der Waals surface area (Å²) in [4.78, 5) is 4.25. The van der Waals surface area contributed by atoms with Gasteiger partial charge in [0, 0.05) is 24.0 Å². The number of benzene rings is 2. The summed E-state index contributed by atoms with van der Waals surface area (Å²) >= 11 is 5.99. The Morgan fingerprint density at radius 2 is 1.73 bits per heavy atom. The van der Waals surface area contributed by atoms with Crippen molar-refractivity contribution in [2.75, 3.05) is 24.1 Å². The number of aromatic nitrogens is 1. The summed E-state index contributed by atoms with van der Waals surface area (Å²) in [6.07, 6.45) is 3.29. The molecule has 0 radical (unpaired) electrons. The highest BCUT2D eigenvalue weighted by Crippen LogP contribution is 2.28. The van der Waals surface area contributed by atoms with Gasteiger partial charge >= 0.3 is 0 Å². The van der Waals surface area contributed by atoms with Crippen molar-refractivity contribution in [3.05, 3.63) is 83.6 Å². The van der Waals surface area contributed by atoms with Gasteiger partial charge < -0.3 is 9.47 Å². The SMILES string of the molecule is CCOCCOc1ccc(S(=O)(=O)N(Cc2cccnc2)c2ccc(Cl)cc2)cc1. The predicted octanol–water partition coefficient (Wildman–Crippen LogP) is 4.55. The van der Waals surface area contributed by atoms with Gasteiger partial charge in [0.05, 0.1) is 23.7 Å². The maximum atomic E-state index is 13.4. The van der Waals surface area contributed by atoms with Gasteiger partial charge in [-0.15, -0.1) is 0 Å². The summed E-state index contributed by atoms with van der Waals surface area (Å²) in [5.74, 6) is 0.582. The van der Waals surface area contributed by atoms with Gasteiger partial charge in [-0.3, -0.25) is 9.29 Å². The van der Waals surface area contributed by atoms with E-state index in [2.05, 4.69) is 4.98 Å². The summed E-state index contributed by atoms with van der Waals surface area (Å²) in [5, 5.41) is 0.533. The molecule has 0 aliphatic carbocycles. The van der Waals surface area contributed by atoms with Crippen LogP contribution in [0.3, 0.4) is 0 Å². The van der Waals surface area contributed by atoms with Crippen LogP contribution in [0.1, 0.15) is 12.5 Å². The van der Waals surface area contributed by atoms with Crippen molar-refractivity contribution in [3.63, 3.8) is 0 Å². The van der Waals surface area contributed by atoms with Gasteiger partial charge in [-0.25, -0.2) is 8.42 Å². The van der Waals surface area contributed by atoms with Gasteiger partial charge in [0.25, 0.3) is 10.0 Å². The Morgan fingerprint density at radius 3 is 2.37 bits per heavy atom. The highest BCUT2D eigenvalue weighted by atomic mass is 35.5. The first-order valence-corrected chi connectivity index (χ1v) is 11.3. The van der Waals surface area contributed by atoms with Crippen LogP contribution in [0.25, 0.3) is 0 Å². The Bertz CT molecular complexity index is 1030. The Hall–Kier alpha value is -2.61. The average Bonchev–Trinajstić information content (AvgIpc) is 2.77. The van der Waals surface area contributed by atoms with E-state index in [-0.39, 0.29) is 11.4 Å². The topological polar surface area (TPSA) is 68.7 Å². The summed E-state index contributed by atoms with van der Waals surface area (Å²) in [5.41, 5.74) is 1.28. The van der Waals surface area contributed by atoms with E-state index in [0.717, 1.165) is 5.56 Å². The Kier molecular flexibility index (Phi) is 7.68. The third kappa shape index (κ3) is 5.72. The van der Waals surface area contributed by atoms with Gasteiger partial charge in [-0.1, -0.05) is 17.7 Å². The molecule has 158 valence electrons. The van der Waals surface area contributed by atoms with Crippen LogP contribution < -0.4 is 9.04 Å². The zero-order valence-corrected chi connectivity index (χ0v) is 18.1. The average molecular weight is 447 g/mol. The highest BCUT2D eigenvalue weighted by Gasteiger charge is 2.25. The van der Waals surface area contributed by atoms with Crippen LogP contribution >= 0.6 is 11.6 Å². The molecule has 0 bridgehead atoms. The van der Waals surface area contributed by atoms with Crippen molar-refractivity contribution in [2.45, 2.75) is 18.4 Å². The smallest absolute Gasteiger partial charge is 0.264 e. The zero-order chi connectivity index (χ0) is 21.4. The van der Waals surface area contributed by atoms with E-state index in [1.807, 2.05) is 13.0 Å². The second-order valence-electron chi connectivity index (χ2n) is 6.37. The van der Waals surface area contributed by atoms with Gasteiger partial charge in [0.15, 0.2) is 0 Å². The number of rotatable bonds is 10. The zero-order valence-electron chi connectivity index (χ0n) is 16.6. The molecule has 0 saturated heterocycles. The maximum absolute atomic E-state index is 13.4. The molecule has 0 unspecified atom stereocenters. The Morgan fingerprint density at radius 1 is 1.00 bits per heavy atom. The normalized spacial score (nSPS) is 11.3. The number of halogens is 1. The molecule has 0 fully saturated rings. The van der Waals surface area contributed by atoms with Crippen LogP contribution in [-0.4, -0.2) is 33.2 Å². The lowest BCUT2D eigenvalue weighted by molar-refractivity contribution is 0.110. The lowest BCUT2D eigenvalue weighted by atomic mass is 10.2. The van der Waals surface area contributed by atoms with Crippen LogP contribution in [0.5, 0.6) is 5.75 Å². The number of sulfonamides is 1. The van der Waals surface area contributed by atoms with E-state index < -0.39 is 10.0 Å². The molecule has 1 heterocycles. The van der Waals surface area contributed by atoms with Crippen LogP contribution in [0.15, 0.2) is 78.0 Å². The lowest BCUT2D eigenvalue weighted by Gasteiger charge is -2.25. The van der Waals surface area contributed by atoms with E-state index in [1.54, 1.807) is 54.9 Å². The molecule has 0 atom stereocenters. The summed E-state index contributed by atoms with van der Waals surface area (Å²) in [7, 11) is -3.83. The third-order valence-electron chi connectivity index (χ3n) is 4.28. The molecule has 2 aromatic carbocycles. The van der Waals surface area contributed by atoms with E-state index >= 15 is 0 Å². The number of anilines is 1. The van der Waals surface area contributed by atoms with E-state index in [4.69, 9.17) is 21.1 Å². The number of hydrogen-bond donors (Lipinski definition) is 0. The maximum Gasteiger partial charge on any atom is 0.264 e. The van der Waals surface area contributed by atoms with Crippen molar-refractivity contribution in [3.8, 4) is 5.75 Å². The minimum absolute atomic E-state index is 0.143. The van der Waals surface area contributed by atoms with E-state index in [0.29, 0.717) is 36.3 Å². The fourth-order valence-electron chi connectivity index (χ4n) is 2.78. The quantitative estimate of drug-likeness (QED) is 0.427. The van der Waals surface area contributed by atoms with Crippen LogP contribution in [-0.2, 0) is 21.3 Å². The molecule has 3 aromatic rings. The summed E-state index contributed by atoms with van der Waals surface area (Å²) in [6.45, 7) is 3.56. The van der Waals surface area contributed by atoms with Crippen LogP contribution in [0.2, 0.25) is 5.02 Å². The molecule has 30 heavy (non-hydrogen) atoms. The number of nitrogens with zero attached hydrogens (tertiary/aromatic N) is 2. The molecule has 0 amide bonds. The summed E-state index contributed by atoms with van der Waals surface area (Å²) in [6, 6.07) is 16.7. The first-order valence-electron chi connectivity index (χ1n) is 9.48. The molecule has 1 aromatic heterocycles. The van der Waals surface area contributed by atoms with Crippen molar-refractivity contribution < 1.29 is 17.9 Å². The van der Waals surface area contributed by atoms with Crippen molar-refractivity contribution in [1.29, 1.82) is 0 Å². The first-order chi connectivity index (χ1) is 14.5. The van der Waals surface area contributed by atoms with Crippen molar-refractivity contribution in [2.24, 2.45) is 0 Å². The lowest BCUT2D eigenvalue weighted by Crippen LogP contribution is -2.30. The standard InChI is InChI=1S/C22H23ClN2O4S/c1-2-28-14-15-29-21-9-11-22(12-10-21)30(26,27)25(17-18-4-3-13-24-16-18)20-7-5-19(23)6-8-20/h3-13,16H,2,14-15,17H2,1H3. The number of pyridine rings is 1. The van der Waals surface area contributed by atoms with Crippen molar-refractivity contribution >= 4 is 27.3 Å². The second-order valence-corrected chi connectivity index (χ2v) is 8.66. The first kappa shape index (κ1) is 22.1. The fraction of sp³-hybridized carbons (Fsp3) is 0.227.